The molecule has 0 amide bonds. The van der Waals surface area contributed by atoms with Crippen LogP contribution in [0.1, 0.15) is 72.6 Å². The minimum atomic E-state index is 0.0564. The molecule has 0 aliphatic rings. The molecule has 0 bridgehead atoms. The van der Waals surface area contributed by atoms with E-state index in [4.69, 9.17) is 10.8 Å². The first-order valence-electron chi connectivity index (χ1n) is 7.36. The first kappa shape index (κ1) is 16.9. The predicted molar refractivity (Wildman–Crippen MR) is 76.0 cm³/mol. The second-order valence-corrected chi connectivity index (χ2v) is 6.03. The van der Waals surface area contributed by atoms with Gasteiger partial charge in [0, 0.05) is 12.6 Å². The van der Waals surface area contributed by atoms with E-state index in [1.165, 1.54) is 38.5 Å². The van der Waals surface area contributed by atoms with Crippen molar-refractivity contribution in [3.8, 4) is 0 Å². The average molecular weight is 243 g/mol. The van der Waals surface area contributed by atoms with Gasteiger partial charge in [-0.2, -0.15) is 0 Å². The van der Waals surface area contributed by atoms with Crippen LogP contribution in [0.15, 0.2) is 0 Å². The monoisotopic (exact) mass is 243 g/mol. The van der Waals surface area contributed by atoms with Crippen LogP contribution < -0.4 is 5.73 Å². The largest absolute Gasteiger partial charge is 0.396 e. The van der Waals surface area contributed by atoms with Crippen LogP contribution in [0.4, 0.5) is 0 Å². The molecule has 0 heterocycles. The summed E-state index contributed by atoms with van der Waals surface area (Å²) in [7, 11) is 0. The Morgan fingerprint density at radius 3 is 2.18 bits per heavy atom. The molecule has 0 aromatic heterocycles. The molecule has 0 aliphatic carbocycles. The predicted octanol–water partition coefficient (Wildman–Crippen LogP) is 3.72. The molecule has 3 N–H and O–H groups in total. The molecule has 0 saturated carbocycles. The number of unbranched alkanes of at least 4 members (excludes halogenated alkanes) is 2. The molecule has 2 atom stereocenters. The van der Waals surface area contributed by atoms with Crippen LogP contribution in [0.3, 0.4) is 0 Å². The highest BCUT2D eigenvalue weighted by Crippen LogP contribution is 2.32. The zero-order chi connectivity index (χ0) is 13.3. The summed E-state index contributed by atoms with van der Waals surface area (Å²) in [6.45, 7) is 9.10. The minimum Gasteiger partial charge on any atom is -0.396 e. The quantitative estimate of drug-likeness (QED) is 0.574. The maximum atomic E-state index is 9.12. The summed E-state index contributed by atoms with van der Waals surface area (Å²) in [5.74, 6) is 0.619. The van der Waals surface area contributed by atoms with Crippen LogP contribution in [-0.4, -0.2) is 17.8 Å². The second kappa shape index (κ2) is 8.93. The van der Waals surface area contributed by atoms with Crippen LogP contribution in [-0.2, 0) is 0 Å². The maximum Gasteiger partial charge on any atom is 0.0436 e. The number of aliphatic hydroxyl groups is 1. The van der Waals surface area contributed by atoms with E-state index in [9.17, 15) is 0 Å². The van der Waals surface area contributed by atoms with Gasteiger partial charge in [0.05, 0.1) is 0 Å². The van der Waals surface area contributed by atoms with E-state index in [0.29, 0.717) is 5.92 Å². The van der Waals surface area contributed by atoms with E-state index in [0.717, 1.165) is 6.42 Å². The molecular weight excluding hydrogens is 210 g/mol. The van der Waals surface area contributed by atoms with Gasteiger partial charge in [-0.1, -0.05) is 53.4 Å². The number of aliphatic hydroxyl groups excluding tert-OH is 1. The number of nitrogens with two attached hydrogens (primary N) is 1. The zero-order valence-corrected chi connectivity index (χ0v) is 12.3. The highest BCUT2D eigenvalue weighted by Gasteiger charge is 2.31. The van der Waals surface area contributed by atoms with Gasteiger partial charge in [-0.05, 0) is 30.6 Å². The molecule has 0 fully saturated rings. The first-order valence-corrected chi connectivity index (χ1v) is 7.36. The van der Waals surface area contributed by atoms with Crippen molar-refractivity contribution in [1.29, 1.82) is 0 Å². The Kier molecular flexibility index (Phi) is 8.89. The molecule has 0 aromatic rings. The van der Waals surface area contributed by atoms with E-state index < -0.39 is 0 Å². The van der Waals surface area contributed by atoms with Gasteiger partial charge in [0.15, 0.2) is 0 Å². The van der Waals surface area contributed by atoms with Gasteiger partial charge < -0.3 is 10.8 Å². The summed E-state index contributed by atoms with van der Waals surface area (Å²) in [5, 5.41) is 9.12. The highest BCUT2D eigenvalue weighted by atomic mass is 16.3. The van der Waals surface area contributed by atoms with Crippen LogP contribution in [0.25, 0.3) is 0 Å². The van der Waals surface area contributed by atoms with Gasteiger partial charge in [0.25, 0.3) is 0 Å². The Hall–Kier alpha value is -0.0800. The Morgan fingerprint density at radius 2 is 1.71 bits per heavy atom. The normalized spacial score (nSPS) is 15.9. The molecule has 2 heteroatoms. The smallest absolute Gasteiger partial charge is 0.0436 e. The topological polar surface area (TPSA) is 46.2 Å². The van der Waals surface area contributed by atoms with E-state index in [2.05, 4.69) is 27.7 Å². The van der Waals surface area contributed by atoms with Crippen molar-refractivity contribution in [3.05, 3.63) is 0 Å². The van der Waals surface area contributed by atoms with Gasteiger partial charge in [-0.3, -0.25) is 0 Å². The summed E-state index contributed by atoms with van der Waals surface area (Å²) >= 11 is 0. The standard InChI is InChI=1S/C15H33NO/c1-5-7-8-10-13(9-6-2)14(16)15(3,4)11-12-17/h13-14,17H,5-12,16H2,1-4H3. The molecule has 0 radical (unpaired) electrons. The van der Waals surface area contributed by atoms with Gasteiger partial charge >= 0.3 is 0 Å². The fourth-order valence-electron chi connectivity index (χ4n) is 2.62. The highest BCUT2D eigenvalue weighted by molar-refractivity contribution is 4.86. The molecular formula is C15H33NO. The fraction of sp³-hybridized carbons (Fsp3) is 1.00. The van der Waals surface area contributed by atoms with Crippen molar-refractivity contribution in [2.24, 2.45) is 17.1 Å². The number of rotatable bonds is 10. The van der Waals surface area contributed by atoms with Gasteiger partial charge in [-0.25, -0.2) is 0 Å². The third-order valence-corrected chi connectivity index (χ3v) is 4.00. The molecule has 17 heavy (non-hydrogen) atoms. The van der Waals surface area contributed by atoms with Crippen LogP contribution >= 0.6 is 0 Å². The van der Waals surface area contributed by atoms with Crippen molar-refractivity contribution >= 4 is 0 Å². The molecule has 2 nitrogen and oxygen atoms in total. The zero-order valence-electron chi connectivity index (χ0n) is 12.3. The van der Waals surface area contributed by atoms with Crippen LogP contribution in [0.5, 0.6) is 0 Å². The van der Waals surface area contributed by atoms with Crippen molar-refractivity contribution in [1.82, 2.24) is 0 Å². The lowest BCUT2D eigenvalue weighted by molar-refractivity contribution is 0.141. The van der Waals surface area contributed by atoms with Crippen LogP contribution in [0, 0.1) is 11.3 Å². The van der Waals surface area contributed by atoms with Crippen molar-refractivity contribution < 1.29 is 5.11 Å². The summed E-state index contributed by atoms with van der Waals surface area (Å²) in [5.41, 5.74) is 6.50. The molecule has 2 unspecified atom stereocenters. The Balaban J connectivity index is 4.35. The molecule has 0 aromatic carbocycles. The van der Waals surface area contributed by atoms with Crippen molar-refractivity contribution in [2.75, 3.05) is 6.61 Å². The summed E-state index contributed by atoms with van der Waals surface area (Å²) in [6, 6.07) is 0.214. The molecule has 0 spiro atoms. The first-order chi connectivity index (χ1) is 7.99. The third kappa shape index (κ3) is 6.42. The lowest BCUT2D eigenvalue weighted by Crippen LogP contribution is -2.44. The Bertz CT molecular complexity index is 180. The van der Waals surface area contributed by atoms with E-state index in [1.807, 2.05) is 0 Å². The van der Waals surface area contributed by atoms with Gasteiger partial charge in [0.2, 0.25) is 0 Å². The summed E-state index contributed by atoms with van der Waals surface area (Å²) in [4.78, 5) is 0. The third-order valence-electron chi connectivity index (χ3n) is 4.00. The Morgan fingerprint density at radius 1 is 1.06 bits per heavy atom. The molecule has 0 aliphatic heterocycles. The maximum absolute atomic E-state index is 9.12. The number of hydrogen-bond acceptors (Lipinski definition) is 2. The van der Waals surface area contributed by atoms with Crippen molar-refractivity contribution in [2.45, 2.75) is 78.7 Å². The van der Waals surface area contributed by atoms with E-state index in [1.54, 1.807) is 0 Å². The fourth-order valence-corrected chi connectivity index (χ4v) is 2.62. The molecule has 104 valence electrons. The van der Waals surface area contributed by atoms with Gasteiger partial charge in [0.1, 0.15) is 0 Å². The van der Waals surface area contributed by atoms with Gasteiger partial charge in [-0.15, -0.1) is 0 Å². The second-order valence-electron chi connectivity index (χ2n) is 6.03. The summed E-state index contributed by atoms with van der Waals surface area (Å²) in [6.07, 6.45) is 8.37. The van der Waals surface area contributed by atoms with E-state index >= 15 is 0 Å². The minimum absolute atomic E-state index is 0.0564. The molecule has 0 saturated heterocycles. The lowest BCUT2D eigenvalue weighted by Gasteiger charge is -2.37. The van der Waals surface area contributed by atoms with Crippen LogP contribution in [0.2, 0.25) is 0 Å². The lowest BCUT2D eigenvalue weighted by atomic mass is 9.73. The van der Waals surface area contributed by atoms with Crippen molar-refractivity contribution in [3.63, 3.8) is 0 Å². The van der Waals surface area contributed by atoms with E-state index in [-0.39, 0.29) is 18.1 Å². The molecule has 0 rings (SSSR count). The SMILES string of the molecule is CCCCCC(CCC)C(N)C(C)(C)CCO. The number of hydrogen-bond donors (Lipinski definition) is 2. The Labute approximate surface area is 108 Å². The summed E-state index contributed by atoms with van der Waals surface area (Å²) < 4.78 is 0. The average Bonchev–Trinajstić information content (AvgIpc) is 2.27.